The molecule has 0 fully saturated rings. The Kier molecular flexibility index (Phi) is 3.86. The minimum absolute atomic E-state index is 0.552. The Morgan fingerprint density at radius 1 is 1.12 bits per heavy atom. The molecule has 0 amide bonds. The van der Waals surface area contributed by atoms with E-state index < -0.39 is 0 Å². The van der Waals surface area contributed by atoms with E-state index in [-0.39, 0.29) is 0 Å². The number of nitrogens with zero attached hydrogens (tertiary/aromatic N) is 2. The van der Waals surface area contributed by atoms with Crippen molar-refractivity contribution in [2.24, 2.45) is 5.16 Å². The number of rotatable bonds is 4. The summed E-state index contributed by atoms with van der Waals surface area (Å²) in [7, 11) is 0. The second-order valence-electron chi connectivity index (χ2n) is 3.47. The smallest absolute Gasteiger partial charge is 0.118 e. The maximum atomic E-state index is 5.16. The van der Waals surface area contributed by atoms with E-state index in [2.05, 4.69) is 10.1 Å². The molecule has 0 atom stereocenters. The van der Waals surface area contributed by atoms with Crippen LogP contribution in [0.15, 0.2) is 60.0 Å². The molecule has 0 saturated carbocycles. The first kappa shape index (κ1) is 11.3. The highest BCUT2D eigenvalue weighted by atomic mass is 16.6. The van der Waals surface area contributed by atoms with Crippen molar-refractivity contribution in [3.05, 3.63) is 66.0 Å². The molecule has 0 radical (unpaired) electrons. The molecule has 0 bridgehead atoms. The van der Waals surface area contributed by atoms with Crippen molar-refractivity contribution in [1.82, 2.24) is 4.98 Å². The Hall–Kier alpha value is -2.16. The van der Waals surface area contributed by atoms with E-state index in [0.29, 0.717) is 6.61 Å². The predicted octanol–water partition coefficient (Wildman–Crippen LogP) is 2.87. The maximum absolute atomic E-state index is 5.16. The average molecular weight is 226 g/mol. The van der Waals surface area contributed by atoms with Crippen LogP contribution in [0.5, 0.6) is 0 Å². The average Bonchev–Trinajstić information content (AvgIpc) is 2.42. The highest BCUT2D eigenvalue weighted by Gasteiger charge is 2.07. The van der Waals surface area contributed by atoms with Gasteiger partial charge in [-0.1, -0.05) is 35.5 Å². The van der Waals surface area contributed by atoms with Gasteiger partial charge in [0.15, 0.2) is 0 Å². The third-order valence-corrected chi connectivity index (χ3v) is 2.27. The number of hydrogen-bond acceptors (Lipinski definition) is 3. The monoisotopic (exact) mass is 226 g/mol. The molecule has 0 spiro atoms. The van der Waals surface area contributed by atoms with Gasteiger partial charge in [-0.3, -0.25) is 4.98 Å². The lowest BCUT2D eigenvalue weighted by atomic mass is 10.0. The maximum Gasteiger partial charge on any atom is 0.118 e. The summed E-state index contributed by atoms with van der Waals surface area (Å²) in [4.78, 5) is 9.27. The molecule has 17 heavy (non-hydrogen) atoms. The third kappa shape index (κ3) is 2.91. The number of oxime groups is 1. The first-order valence-corrected chi connectivity index (χ1v) is 5.57. The SMILES string of the molecule is CCO/N=C(/c1ccccc1)c1cccnc1. The van der Waals surface area contributed by atoms with Gasteiger partial charge in [0, 0.05) is 23.5 Å². The number of aromatic nitrogens is 1. The van der Waals surface area contributed by atoms with E-state index in [1.807, 2.05) is 49.4 Å². The van der Waals surface area contributed by atoms with Crippen molar-refractivity contribution in [3.8, 4) is 0 Å². The van der Waals surface area contributed by atoms with Gasteiger partial charge in [-0.2, -0.15) is 0 Å². The lowest BCUT2D eigenvalue weighted by molar-refractivity contribution is 0.159. The van der Waals surface area contributed by atoms with Crippen LogP contribution in [-0.4, -0.2) is 17.3 Å². The van der Waals surface area contributed by atoms with Gasteiger partial charge < -0.3 is 4.84 Å². The van der Waals surface area contributed by atoms with Crippen molar-refractivity contribution >= 4 is 5.71 Å². The second-order valence-corrected chi connectivity index (χ2v) is 3.47. The van der Waals surface area contributed by atoms with Crippen LogP contribution in [0.2, 0.25) is 0 Å². The van der Waals surface area contributed by atoms with Gasteiger partial charge in [0.05, 0.1) is 0 Å². The molecule has 0 aliphatic rings. The summed E-state index contributed by atoms with van der Waals surface area (Å²) in [5.74, 6) is 0. The summed E-state index contributed by atoms with van der Waals surface area (Å²) in [6.07, 6.45) is 3.53. The van der Waals surface area contributed by atoms with Gasteiger partial charge in [0.1, 0.15) is 12.3 Å². The van der Waals surface area contributed by atoms with E-state index in [0.717, 1.165) is 16.8 Å². The van der Waals surface area contributed by atoms with Crippen molar-refractivity contribution in [3.63, 3.8) is 0 Å². The first-order valence-electron chi connectivity index (χ1n) is 5.57. The van der Waals surface area contributed by atoms with Crippen LogP contribution in [0.3, 0.4) is 0 Å². The summed E-state index contributed by atoms with van der Waals surface area (Å²) in [5.41, 5.74) is 2.78. The van der Waals surface area contributed by atoms with E-state index in [9.17, 15) is 0 Å². The summed E-state index contributed by atoms with van der Waals surface area (Å²) in [5, 5.41) is 4.16. The van der Waals surface area contributed by atoms with Crippen molar-refractivity contribution in [2.45, 2.75) is 6.92 Å². The Bertz CT molecular complexity index is 439. The molecular formula is C14H14N2O. The number of pyridine rings is 1. The Morgan fingerprint density at radius 2 is 1.88 bits per heavy atom. The Labute approximate surface area is 101 Å². The van der Waals surface area contributed by atoms with Crippen LogP contribution >= 0.6 is 0 Å². The van der Waals surface area contributed by atoms with Crippen LogP contribution in [0, 0.1) is 0 Å². The predicted molar refractivity (Wildman–Crippen MR) is 67.9 cm³/mol. The summed E-state index contributed by atoms with van der Waals surface area (Å²) in [6.45, 7) is 2.46. The molecule has 0 aliphatic heterocycles. The molecule has 0 saturated heterocycles. The number of benzene rings is 1. The van der Waals surface area contributed by atoms with Gasteiger partial charge in [-0.05, 0) is 19.1 Å². The lowest BCUT2D eigenvalue weighted by Gasteiger charge is -2.05. The molecule has 3 nitrogen and oxygen atoms in total. The zero-order chi connectivity index (χ0) is 11.9. The van der Waals surface area contributed by atoms with Gasteiger partial charge in [-0.15, -0.1) is 0 Å². The highest BCUT2D eigenvalue weighted by Crippen LogP contribution is 2.10. The first-order chi connectivity index (χ1) is 8.42. The van der Waals surface area contributed by atoms with Gasteiger partial charge >= 0.3 is 0 Å². The minimum Gasteiger partial charge on any atom is -0.396 e. The van der Waals surface area contributed by atoms with Crippen LogP contribution in [0.4, 0.5) is 0 Å². The quantitative estimate of drug-likeness (QED) is 0.593. The Morgan fingerprint density at radius 3 is 2.53 bits per heavy atom. The molecule has 3 heteroatoms. The summed E-state index contributed by atoms with van der Waals surface area (Å²) >= 11 is 0. The fraction of sp³-hybridized carbons (Fsp3) is 0.143. The van der Waals surface area contributed by atoms with Crippen LogP contribution in [0.25, 0.3) is 0 Å². The molecule has 0 unspecified atom stereocenters. The second kappa shape index (κ2) is 5.80. The zero-order valence-corrected chi connectivity index (χ0v) is 9.71. The standard InChI is InChI=1S/C14H14N2O/c1-2-17-16-14(12-7-4-3-5-8-12)13-9-6-10-15-11-13/h3-11H,2H2,1H3/b16-14-. The molecule has 1 aromatic heterocycles. The van der Waals surface area contributed by atoms with E-state index in [1.54, 1.807) is 12.4 Å². The van der Waals surface area contributed by atoms with Gasteiger partial charge in [0.2, 0.25) is 0 Å². The fourth-order valence-corrected chi connectivity index (χ4v) is 1.50. The summed E-state index contributed by atoms with van der Waals surface area (Å²) in [6, 6.07) is 13.8. The topological polar surface area (TPSA) is 34.5 Å². The molecule has 2 rings (SSSR count). The van der Waals surface area contributed by atoms with Crippen molar-refractivity contribution in [1.29, 1.82) is 0 Å². The lowest BCUT2D eigenvalue weighted by Crippen LogP contribution is -2.04. The van der Waals surface area contributed by atoms with Gasteiger partial charge in [-0.25, -0.2) is 0 Å². The van der Waals surface area contributed by atoms with Crippen LogP contribution in [-0.2, 0) is 4.84 Å². The van der Waals surface area contributed by atoms with E-state index >= 15 is 0 Å². The molecule has 1 aromatic carbocycles. The molecule has 0 N–H and O–H groups in total. The Balaban J connectivity index is 2.40. The van der Waals surface area contributed by atoms with Crippen molar-refractivity contribution in [2.75, 3.05) is 6.61 Å². The zero-order valence-electron chi connectivity index (χ0n) is 9.71. The minimum atomic E-state index is 0.552. The van der Waals surface area contributed by atoms with Crippen LogP contribution < -0.4 is 0 Å². The van der Waals surface area contributed by atoms with E-state index in [1.165, 1.54) is 0 Å². The highest BCUT2D eigenvalue weighted by molar-refractivity contribution is 6.12. The van der Waals surface area contributed by atoms with Crippen LogP contribution in [0.1, 0.15) is 18.1 Å². The van der Waals surface area contributed by atoms with Crippen molar-refractivity contribution < 1.29 is 4.84 Å². The molecule has 86 valence electrons. The number of hydrogen-bond donors (Lipinski definition) is 0. The molecule has 0 aliphatic carbocycles. The summed E-state index contributed by atoms with van der Waals surface area (Å²) < 4.78 is 0. The molecular weight excluding hydrogens is 212 g/mol. The van der Waals surface area contributed by atoms with E-state index in [4.69, 9.17) is 4.84 Å². The largest absolute Gasteiger partial charge is 0.396 e. The third-order valence-electron chi connectivity index (χ3n) is 2.27. The fourth-order valence-electron chi connectivity index (χ4n) is 1.50. The molecule has 1 heterocycles. The van der Waals surface area contributed by atoms with Gasteiger partial charge in [0.25, 0.3) is 0 Å². The molecule has 2 aromatic rings. The normalized spacial score (nSPS) is 11.2.